The average molecular weight is 356 g/mol. The first kappa shape index (κ1) is 19.8. The van der Waals surface area contributed by atoms with Crippen LogP contribution >= 0.6 is 0 Å². The van der Waals surface area contributed by atoms with E-state index in [-0.39, 0.29) is 0 Å². The number of nitrogens with zero attached hydrogens (tertiary/aromatic N) is 1. The zero-order valence-corrected chi connectivity index (χ0v) is 15.8. The number of benzene rings is 2. The Labute approximate surface area is 155 Å². The number of anilines is 1. The van der Waals surface area contributed by atoms with E-state index in [1.807, 2.05) is 31.2 Å². The van der Waals surface area contributed by atoms with E-state index in [0.29, 0.717) is 36.8 Å². The Balaban J connectivity index is 2.02. The van der Waals surface area contributed by atoms with Crippen LogP contribution < -0.4 is 10.5 Å². The van der Waals surface area contributed by atoms with Crippen molar-refractivity contribution in [1.29, 1.82) is 0 Å². The lowest BCUT2D eigenvalue weighted by Crippen LogP contribution is -2.28. The van der Waals surface area contributed by atoms with Gasteiger partial charge in [-0.15, -0.1) is 0 Å². The molecule has 0 bridgehead atoms. The highest BCUT2D eigenvalue weighted by atomic mass is 16.5. The van der Waals surface area contributed by atoms with Crippen LogP contribution in [0.4, 0.5) is 5.69 Å². The third-order valence-corrected chi connectivity index (χ3v) is 4.24. The van der Waals surface area contributed by atoms with Crippen LogP contribution in [0.5, 0.6) is 5.75 Å². The second-order valence-corrected chi connectivity index (χ2v) is 6.20. The summed E-state index contributed by atoms with van der Waals surface area (Å²) in [6.45, 7) is 9.50. The number of aryl methyl sites for hydroxylation is 1. The molecule has 0 aliphatic rings. The zero-order chi connectivity index (χ0) is 18.9. The summed E-state index contributed by atoms with van der Waals surface area (Å²) in [7, 11) is 0. The summed E-state index contributed by atoms with van der Waals surface area (Å²) >= 11 is 0. The van der Waals surface area contributed by atoms with Gasteiger partial charge in [-0.05, 0) is 37.7 Å². The minimum atomic E-state index is -0.392. The molecule has 0 aromatic heterocycles. The van der Waals surface area contributed by atoms with Crippen LogP contribution in [0, 0.1) is 6.92 Å². The topological polar surface area (TPSA) is 64.8 Å². The second kappa shape index (κ2) is 9.82. The van der Waals surface area contributed by atoms with Gasteiger partial charge >= 0.3 is 5.97 Å². The van der Waals surface area contributed by atoms with E-state index in [2.05, 4.69) is 18.7 Å². The van der Waals surface area contributed by atoms with Gasteiger partial charge in [-0.1, -0.05) is 43.7 Å². The van der Waals surface area contributed by atoms with Crippen LogP contribution in [0.2, 0.25) is 0 Å². The van der Waals surface area contributed by atoms with E-state index in [4.69, 9.17) is 15.2 Å². The molecule has 26 heavy (non-hydrogen) atoms. The van der Waals surface area contributed by atoms with Gasteiger partial charge < -0.3 is 20.1 Å². The number of esters is 1. The maximum atomic E-state index is 12.4. The van der Waals surface area contributed by atoms with Gasteiger partial charge in [-0.2, -0.15) is 0 Å². The summed E-state index contributed by atoms with van der Waals surface area (Å²) in [5.41, 5.74) is 9.00. The molecule has 2 N–H and O–H groups in total. The molecular weight excluding hydrogens is 328 g/mol. The summed E-state index contributed by atoms with van der Waals surface area (Å²) in [5.74, 6) is 0.0516. The normalized spacial score (nSPS) is 10.8. The minimum absolute atomic E-state index is 0.349. The predicted molar refractivity (Wildman–Crippen MR) is 104 cm³/mol. The fourth-order valence-electron chi connectivity index (χ4n) is 2.68. The SMILES string of the molecule is CCN(CC)CCOC(=O)c1ccc(N)cc1OCc1cccc(C)c1. The van der Waals surface area contributed by atoms with E-state index in [9.17, 15) is 4.79 Å². The fourth-order valence-corrected chi connectivity index (χ4v) is 2.68. The molecular formula is C21H28N2O3. The zero-order valence-electron chi connectivity index (χ0n) is 15.8. The van der Waals surface area contributed by atoms with Crippen LogP contribution in [-0.4, -0.2) is 37.1 Å². The number of nitrogens with two attached hydrogens (primary N) is 1. The van der Waals surface area contributed by atoms with E-state index in [0.717, 1.165) is 24.2 Å². The van der Waals surface area contributed by atoms with E-state index in [1.165, 1.54) is 0 Å². The maximum absolute atomic E-state index is 12.4. The molecule has 2 aromatic rings. The standard InChI is InChI=1S/C21H28N2O3/c1-4-23(5-2)11-12-25-21(24)19-10-9-18(22)14-20(19)26-15-17-8-6-7-16(3)13-17/h6-10,13-14H,4-5,11-12,15,22H2,1-3H3. The van der Waals surface area contributed by atoms with Gasteiger partial charge in [0.25, 0.3) is 0 Å². The number of hydrogen-bond donors (Lipinski definition) is 1. The molecule has 0 aliphatic heterocycles. The summed E-state index contributed by atoms with van der Waals surface area (Å²) in [5, 5.41) is 0. The molecule has 2 aromatic carbocycles. The van der Waals surface area contributed by atoms with E-state index < -0.39 is 5.97 Å². The van der Waals surface area contributed by atoms with Crippen molar-refractivity contribution in [2.45, 2.75) is 27.4 Å². The molecule has 0 saturated carbocycles. The monoisotopic (exact) mass is 356 g/mol. The fraction of sp³-hybridized carbons (Fsp3) is 0.381. The number of hydrogen-bond acceptors (Lipinski definition) is 5. The van der Waals surface area contributed by atoms with Gasteiger partial charge in [0.2, 0.25) is 0 Å². The summed E-state index contributed by atoms with van der Waals surface area (Å²) in [6.07, 6.45) is 0. The van der Waals surface area contributed by atoms with Crippen molar-refractivity contribution in [3.8, 4) is 5.75 Å². The van der Waals surface area contributed by atoms with Crippen LogP contribution in [0.25, 0.3) is 0 Å². The van der Waals surface area contributed by atoms with Crippen LogP contribution in [0.3, 0.4) is 0 Å². The van der Waals surface area contributed by atoms with Gasteiger partial charge in [0.15, 0.2) is 0 Å². The summed E-state index contributed by atoms with van der Waals surface area (Å²) in [6, 6.07) is 13.0. The van der Waals surface area contributed by atoms with Gasteiger partial charge in [0.05, 0.1) is 0 Å². The molecule has 0 spiro atoms. The average Bonchev–Trinajstić information content (AvgIpc) is 2.63. The van der Waals surface area contributed by atoms with Crippen LogP contribution in [0.15, 0.2) is 42.5 Å². The van der Waals surface area contributed by atoms with Gasteiger partial charge in [0.1, 0.15) is 24.5 Å². The number of rotatable bonds is 9. The number of likely N-dealkylation sites (N-methyl/N-ethyl adjacent to an activating group) is 1. The molecule has 0 aliphatic carbocycles. The van der Waals surface area contributed by atoms with Crippen molar-refractivity contribution in [2.24, 2.45) is 0 Å². The highest BCUT2D eigenvalue weighted by Gasteiger charge is 2.15. The molecule has 0 fully saturated rings. The van der Waals surface area contributed by atoms with Crippen LogP contribution in [-0.2, 0) is 11.3 Å². The van der Waals surface area contributed by atoms with Crippen molar-refractivity contribution in [2.75, 3.05) is 32.0 Å². The van der Waals surface area contributed by atoms with Crippen LogP contribution in [0.1, 0.15) is 35.3 Å². The molecule has 0 amide bonds. The number of nitrogen functional groups attached to an aromatic ring is 1. The molecule has 0 atom stereocenters. The first-order valence-corrected chi connectivity index (χ1v) is 9.00. The molecule has 0 unspecified atom stereocenters. The Hall–Kier alpha value is -2.53. The third-order valence-electron chi connectivity index (χ3n) is 4.24. The highest BCUT2D eigenvalue weighted by Crippen LogP contribution is 2.24. The minimum Gasteiger partial charge on any atom is -0.488 e. The molecule has 5 heteroatoms. The second-order valence-electron chi connectivity index (χ2n) is 6.20. The Bertz CT molecular complexity index is 727. The highest BCUT2D eigenvalue weighted by molar-refractivity contribution is 5.93. The lowest BCUT2D eigenvalue weighted by molar-refractivity contribution is 0.0461. The van der Waals surface area contributed by atoms with Crippen molar-refractivity contribution < 1.29 is 14.3 Å². The smallest absolute Gasteiger partial charge is 0.341 e. The Morgan fingerprint density at radius 3 is 2.58 bits per heavy atom. The molecule has 140 valence electrons. The quantitative estimate of drug-likeness (QED) is 0.549. The summed E-state index contributed by atoms with van der Waals surface area (Å²) < 4.78 is 11.3. The number of carbonyl (C=O) groups excluding carboxylic acids is 1. The number of carbonyl (C=O) groups is 1. The Morgan fingerprint density at radius 1 is 1.12 bits per heavy atom. The lowest BCUT2D eigenvalue weighted by atomic mass is 10.1. The van der Waals surface area contributed by atoms with E-state index in [1.54, 1.807) is 18.2 Å². The summed E-state index contributed by atoms with van der Waals surface area (Å²) in [4.78, 5) is 14.6. The van der Waals surface area contributed by atoms with Crippen molar-refractivity contribution in [1.82, 2.24) is 4.90 Å². The van der Waals surface area contributed by atoms with E-state index >= 15 is 0 Å². The first-order chi connectivity index (χ1) is 12.5. The molecule has 0 heterocycles. The molecule has 2 rings (SSSR count). The molecule has 0 radical (unpaired) electrons. The maximum Gasteiger partial charge on any atom is 0.341 e. The van der Waals surface area contributed by atoms with Gasteiger partial charge in [0, 0.05) is 18.3 Å². The van der Waals surface area contributed by atoms with Crippen molar-refractivity contribution in [3.05, 3.63) is 59.2 Å². The first-order valence-electron chi connectivity index (χ1n) is 9.00. The Kier molecular flexibility index (Phi) is 7.48. The van der Waals surface area contributed by atoms with Gasteiger partial charge in [-0.3, -0.25) is 0 Å². The molecule has 0 saturated heterocycles. The van der Waals surface area contributed by atoms with Crippen molar-refractivity contribution in [3.63, 3.8) is 0 Å². The molecule has 5 nitrogen and oxygen atoms in total. The largest absolute Gasteiger partial charge is 0.488 e. The Morgan fingerprint density at radius 2 is 1.88 bits per heavy atom. The van der Waals surface area contributed by atoms with Crippen molar-refractivity contribution >= 4 is 11.7 Å². The number of ether oxygens (including phenoxy) is 2. The third kappa shape index (κ3) is 5.77. The lowest BCUT2D eigenvalue weighted by Gasteiger charge is -2.18. The van der Waals surface area contributed by atoms with Gasteiger partial charge in [-0.25, -0.2) is 4.79 Å². The predicted octanol–water partition coefficient (Wildman–Crippen LogP) is 3.65.